The molecule has 0 saturated heterocycles. The molecule has 0 spiro atoms. The molecule has 0 unspecified atom stereocenters. The Morgan fingerprint density at radius 2 is 1.12 bits per heavy atom. The first kappa shape index (κ1) is 22.2. The predicted octanol–water partition coefficient (Wildman–Crippen LogP) is 5.44. The summed E-state index contributed by atoms with van der Waals surface area (Å²) in [6.45, 7) is 2.15. The maximum Gasteiger partial charge on any atom is 0.0414 e. The molecule has 0 aliphatic carbocycles. The Morgan fingerprint density at radius 1 is 0.667 bits per heavy atom. The Morgan fingerprint density at radius 3 is 1.58 bits per heavy atom. The molecule has 0 amide bonds. The minimum atomic E-state index is -0.940. The highest BCUT2D eigenvalue weighted by atomic mass is 16.4. The molecule has 0 atom stereocenters. The van der Waals surface area contributed by atoms with Crippen molar-refractivity contribution >= 4 is 5.97 Å². The van der Waals surface area contributed by atoms with Crippen LogP contribution < -0.4 is 5.11 Å². The van der Waals surface area contributed by atoms with Crippen LogP contribution in [0.25, 0.3) is 0 Å². The van der Waals surface area contributed by atoms with E-state index in [2.05, 4.69) is 67.7 Å². The summed E-state index contributed by atoms with van der Waals surface area (Å²) in [5, 5.41) is 10.2. The van der Waals surface area contributed by atoms with Crippen molar-refractivity contribution in [1.82, 2.24) is 0 Å². The second-order valence-corrected chi connectivity index (χ2v) is 5.68. The number of aliphatic carboxylic acids is 1. The van der Waals surface area contributed by atoms with Gasteiger partial charge in [-0.1, -0.05) is 74.1 Å². The molecule has 0 fully saturated rings. The number of unbranched alkanes of at least 4 members (excludes halogenated alkanes) is 3. The summed E-state index contributed by atoms with van der Waals surface area (Å²) in [5.74, 6) is -0.940. The largest absolute Gasteiger partial charge is 0.550 e. The minimum absolute atomic E-state index is 0.186. The summed E-state index contributed by atoms with van der Waals surface area (Å²) in [4.78, 5) is 10.2. The maximum absolute atomic E-state index is 10.2. The summed E-state index contributed by atoms with van der Waals surface area (Å²) in [7, 11) is 0. The average molecular weight is 330 g/mol. The zero-order valence-electron chi connectivity index (χ0n) is 15.2. The standard InChI is InChI=1S/C22H34O2/c1-2-3-4-5-6-7-8-9-10-11-12-13-14-15-16-17-18-19-20-21-22(23)24/h3-4,6-7,9-10,12-13,15-16H,2,5,8,11,14,17-21H2,1H3,(H,23,24)/p-1/b4-3-,7-6-,10-9+,13-12-,16-15-. The van der Waals surface area contributed by atoms with Crippen molar-refractivity contribution in [2.75, 3.05) is 0 Å². The van der Waals surface area contributed by atoms with E-state index in [4.69, 9.17) is 0 Å². The first-order valence-corrected chi connectivity index (χ1v) is 9.22. The van der Waals surface area contributed by atoms with E-state index >= 15 is 0 Å². The number of allylic oxidation sites excluding steroid dienone is 10. The summed E-state index contributed by atoms with van der Waals surface area (Å²) < 4.78 is 0. The number of carboxylic acids is 1. The molecule has 0 aliphatic heterocycles. The van der Waals surface area contributed by atoms with Crippen molar-refractivity contribution in [3.63, 3.8) is 0 Å². The fourth-order valence-corrected chi connectivity index (χ4v) is 2.08. The van der Waals surface area contributed by atoms with Gasteiger partial charge in [0.15, 0.2) is 0 Å². The number of rotatable bonds is 15. The summed E-state index contributed by atoms with van der Waals surface area (Å²) in [5.41, 5.74) is 0. The van der Waals surface area contributed by atoms with Crippen molar-refractivity contribution in [2.24, 2.45) is 0 Å². The van der Waals surface area contributed by atoms with Crippen molar-refractivity contribution in [2.45, 2.75) is 71.1 Å². The molecule has 0 aliphatic rings. The topological polar surface area (TPSA) is 40.1 Å². The van der Waals surface area contributed by atoms with Gasteiger partial charge in [0.25, 0.3) is 0 Å². The van der Waals surface area contributed by atoms with E-state index in [-0.39, 0.29) is 6.42 Å². The van der Waals surface area contributed by atoms with E-state index < -0.39 is 5.97 Å². The first-order chi connectivity index (χ1) is 11.8. The molecular weight excluding hydrogens is 296 g/mol. The lowest BCUT2D eigenvalue weighted by Gasteiger charge is -1.99. The summed E-state index contributed by atoms with van der Waals surface area (Å²) in [6, 6.07) is 0. The molecule has 0 heterocycles. The highest BCUT2D eigenvalue weighted by Gasteiger charge is 1.88. The van der Waals surface area contributed by atoms with Gasteiger partial charge in [-0.05, 0) is 57.8 Å². The number of carboxylic acid groups (broad SMARTS) is 1. The number of carbonyl (C=O) groups is 1. The second kappa shape index (κ2) is 19.2. The van der Waals surface area contributed by atoms with Crippen molar-refractivity contribution < 1.29 is 9.90 Å². The van der Waals surface area contributed by atoms with E-state index in [1.165, 1.54) is 0 Å². The highest BCUT2D eigenvalue weighted by molar-refractivity contribution is 5.64. The number of hydrogen-bond donors (Lipinski definition) is 0. The molecule has 0 N–H and O–H groups in total. The Kier molecular flexibility index (Phi) is 17.8. The fourth-order valence-electron chi connectivity index (χ4n) is 2.08. The van der Waals surface area contributed by atoms with Gasteiger partial charge in [-0.15, -0.1) is 0 Å². The monoisotopic (exact) mass is 329 g/mol. The molecule has 0 aromatic rings. The molecule has 24 heavy (non-hydrogen) atoms. The zero-order chi connectivity index (χ0) is 17.7. The van der Waals surface area contributed by atoms with Crippen LogP contribution in [0.4, 0.5) is 0 Å². The molecule has 2 heteroatoms. The molecule has 2 nitrogen and oxygen atoms in total. The lowest BCUT2D eigenvalue weighted by Crippen LogP contribution is -2.21. The molecule has 134 valence electrons. The Bertz CT molecular complexity index is 425. The molecule has 0 aromatic heterocycles. The van der Waals surface area contributed by atoms with Gasteiger partial charge in [0.1, 0.15) is 0 Å². The van der Waals surface area contributed by atoms with E-state index in [1.54, 1.807) is 0 Å². The van der Waals surface area contributed by atoms with Crippen molar-refractivity contribution in [3.05, 3.63) is 60.8 Å². The fraction of sp³-hybridized carbons (Fsp3) is 0.500. The van der Waals surface area contributed by atoms with Gasteiger partial charge in [0.2, 0.25) is 0 Å². The van der Waals surface area contributed by atoms with Gasteiger partial charge in [-0.2, -0.15) is 0 Å². The minimum Gasteiger partial charge on any atom is -0.550 e. The van der Waals surface area contributed by atoms with Gasteiger partial charge in [0, 0.05) is 5.97 Å². The lowest BCUT2D eigenvalue weighted by molar-refractivity contribution is -0.305. The SMILES string of the molecule is CC/C=C\C/C=C\C/C=C/C/C=C\C/C=C\CCCCCC(=O)[O-]. The maximum atomic E-state index is 10.2. The first-order valence-electron chi connectivity index (χ1n) is 9.22. The third kappa shape index (κ3) is 20.2. The van der Waals surface area contributed by atoms with Crippen LogP contribution in [0.15, 0.2) is 60.8 Å². The molecule has 0 aromatic carbocycles. The van der Waals surface area contributed by atoms with E-state index in [0.29, 0.717) is 0 Å². The molecule has 0 rings (SSSR count). The zero-order valence-corrected chi connectivity index (χ0v) is 15.2. The van der Waals surface area contributed by atoms with E-state index in [1.807, 2.05) is 0 Å². The van der Waals surface area contributed by atoms with Gasteiger partial charge < -0.3 is 9.90 Å². The summed E-state index contributed by atoms with van der Waals surface area (Å²) in [6.07, 6.45) is 31.0. The van der Waals surface area contributed by atoms with Crippen LogP contribution in [0.1, 0.15) is 71.1 Å². The van der Waals surface area contributed by atoms with Crippen LogP contribution in [0.5, 0.6) is 0 Å². The van der Waals surface area contributed by atoms with Crippen LogP contribution in [0.3, 0.4) is 0 Å². The summed E-state index contributed by atoms with van der Waals surface area (Å²) >= 11 is 0. The average Bonchev–Trinajstić information content (AvgIpc) is 2.56. The molecule has 0 radical (unpaired) electrons. The highest BCUT2D eigenvalue weighted by Crippen LogP contribution is 2.03. The molecular formula is C22H33O2-. The quantitative estimate of drug-likeness (QED) is 0.296. The normalized spacial score (nSPS) is 12.7. The number of hydrogen-bond acceptors (Lipinski definition) is 2. The molecule has 0 saturated carbocycles. The van der Waals surface area contributed by atoms with Crippen molar-refractivity contribution in [1.29, 1.82) is 0 Å². The van der Waals surface area contributed by atoms with Crippen LogP contribution in [-0.2, 0) is 4.79 Å². The third-order valence-electron chi connectivity index (χ3n) is 3.41. The lowest BCUT2D eigenvalue weighted by atomic mass is 10.1. The van der Waals surface area contributed by atoms with Gasteiger partial charge >= 0.3 is 0 Å². The van der Waals surface area contributed by atoms with Crippen LogP contribution >= 0.6 is 0 Å². The predicted molar refractivity (Wildman–Crippen MR) is 103 cm³/mol. The molecule has 0 bridgehead atoms. The van der Waals surface area contributed by atoms with Crippen LogP contribution in [0.2, 0.25) is 0 Å². The second-order valence-electron chi connectivity index (χ2n) is 5.68. The van der Waals surface area contributed by atoms with E-state index in [9.17, 15) is 9.90 Å². The third-order valence-corrected chi connectivity index (χ3v) is 3.41. The van der Waals surface area contributed by atoms with Gasteiger partial charge in [0.05, 0.1) is 0 Å². The van der Waals surface area contributed by atoms with E-state index in [0.717, 1.165) is 57.8 Å². The van der Waals surface area contributed by atoms with Gasteiger partial charge in [-0.25, -0.2) is 0 Å². The smallest absolute Gasteiger partial charge is 0.0414 e. The van der Waals surface area contributed by atoms with Crippen LogP contribution in [-0.4, -0.2) is 5.97 Å². The Balaban J connectivity index is 3.42. The number of carbonyl (C=O) groups excluding carboxylic acids is 1. The van der Waals surface area contributed by atoms with Gasteiger partial charge in [-0.3, -0.25) is 0 Å². The Labute approximate surface area is 148 Å². The van der Waals surface area contributed by atoms with Crippen LogP contribution in [0, 0.1) is 0 Å². The van der Waals surface area contributed by atoms with Crippen molar-refractivity contribution in [3.8, 4) is 0 Å². The Hall–Kier alpha value is -1.83.